The van der Waals surface area contributed by atoms with E-state index in [0.717, 1.165) is 17.1 Å². The van der Waals surface area contributed by atoms with Crippen molar-refractivity contribution in [3.05, 3.63) is 360 Å². The highest BCUT2D eigenvalue weighted by molar-refractivity contribution is 6.13. The van der Waals surface area contributed by atoms with Crippen molar-refractivity contribution in [2.75, 3.05) is 4.90 Å². The molecule has 2 heterocycles. The van der Waals surface area contributed by atoms with Crippen LogP contribution in [0, 0.1) is 0 Å². The van der Waals surface area contributed by atoms with Gasteiger partial charge < -0.3 is 9.47 Å². The van der Waals surface area contributed by atoms with Crippen LogP contribution >= 0.6 is 0 Å². The number of aromatic nitrogens is 1. The third-order valence-corrected chi connectivity index (χ3v) is 19.1. The van der Waals surface area contributed by atoms with E-state index in [1.165, 1.54) is 138 Å². The molecule has 0 saturated heterocycles. The second kappa shape index (κ2) is 17.8. The number of hydrogen-bond donors (Lipinski definition) is 0. The van der Waals surface area contributed by atoms with Gasteiger partial charge in [-0.3, -0.25) is 0 Å². The molecule has 0 radical (unpaired) electrons. The van der Waals surface area contributed by atoms with Crippen molar-refractivity contribution in [3.8, 4) is 50.2 Å². The molecular weight excluding hydrogens is 1010 g/mol. The molecule has 0 saturated carbocycles. The van der Waals surface area contributed by atoms with Crippen molar-refractivity contribution in [2.24, 2.45) is 0 Å². The molecule has 15 aromatic rings. The van der Waals surface area contributed by atoms with Crippen LogP contribution in [0.1, 0.15) is 44.5 Å². The Balaban J connectivity index is 0.860. The number of rotatable bonds is 7. The normalized spacial score (nSPS) is 14.8. The SMILES string of the molecule is c1ccc(C2(c3ccccc3)c3ccccc3-c3ccc(N(c4ccc(-c5cccc6ccccc56)cc4)c4ccc(-c5ccc6c(c5)C5(c7ccccc7-6)c6ccccc6-n6c7ccccc7c7cccc5c76)c5ccccc45)cc32)cc1. The standard InChI is InChI=1S/C82H52N2/c1-3-23-56(24-4-1)81(57-25-5-2-6-26-57)71-35-14-11-29-64(71)67-48-46-59(52-76(67)81)83(58-44-41-54(42-45-58)61-33-19-22-53-21-7-8-27-60(53)61)78-50-49-62(63-28-9-10-31-68(63)78)55-43-47-66-65-30-12-15-36-72(65)82(75(66)51-55)73-37-16-18-40-79(73)84-77-39-17-13-32-69(77)70-34-20-38-74(82)80(70)84/h1-52H. The van der Waals surface area contributed by atoms with Crippen LogP contribution in [0.3, 0.4) is 0 Å². The van der Waals surface area contributed by atoms with Gasteiger partial charge in [-0.25, -0.2) is 0 Å². The zero-order valence-electron chi connectivity index (χ0n) is 45.9. The number of para-hydroxylation sites is 3. The van der Waals surface area contributed by atoms with Gasteiger partial charge >= 0.3 is 0 Å². The van der Waals surface area contributed by atoms with Gasteiger partial charge in [-0.1, -0.05) is 267 Å². The van der Waals surface area contributed by atoms with E-state index in [2.05, 4.69) is 325 Å². The average molecular weight is 1070 g/mol. The lowest BCUT2D eigenvalue weighted by Crippen LogP contribution is -2.33. The molecular formula is C82H52N2. The summed E-state index contributed by atoms with van der Waals surface area (Å²) in [5.74, 6) is 0. The molecule has 390 valence electrons. The lowest BCUT2D eigenvalue weighted by molar-refractivity contribution is 0.749. The van der Waals surface area contributed by atoms with Crippen LogP contribution in [-0.2, 0) is 10.8 Å². The Morgan fingerprint density at radius 1 is 0.262 bits per heavy atom. The van der Waals surface area contributed by atoms with E-state index in [1.54, 1.807) is 0 Å². The van der Waals surface area contributed by atoms with E-state index in [0.29, 0.717) is 0 Å². The number of benzene rings is 14. The minimum Gasteiger partial charge on any atom is -0.310 e. The number of nitrogens with zero attached hydrogens (tertiary/aromatic N) is 2. The van der Waals surface area contributed by atoms with Crippen LogP contribution < -0.4 is 4.90 Å². The highest BCUT2D eigenvalue weighted by Gasteiger charge is 2.51. The van der Waals surface area contributed by atoms with E-state index >= 15 is 0 Å². The number of anilines is 3. The van der Waals surface area contributed by atoms with Crippen molar-refractivity contribution in [1.82, 2.24) is 4.57 Å². The van der Waals surface area contributed by atoms with Crippen LogP contribution in [0.4, 0.5) is 17.1 Å². The maximum Gasteiger partial charge on any atom is 0.0754 e. The highest BCUT2D eigenvalue weighted by atomic mass is 15.1. The van der Waals surface area contributed by atoms with Gasteiger partial charge in [-0.2, -0.15) is 0 Å². The van der Waals surface area contributed by atoms with Crippen molar-refractivity contribution < 1.29 is 0 Å². The molecule has 2 nitrogen and oxygen atoms in total. The van der Waals surface area contributed by atoms with Gasteiger partial charge in [0.1, 0.15) is 0 Å². The topological polar surface area (TPSA) is 8.17 Å². The minimum atomic E-state index is -0.564. The molecule has 1 aliphatic heterocycles. The number of fused-ring (bicyclic) bond motifs is 17. The summed E-state index contributed by atoms with van der Waals surface area (Å²) in [6.07, 6.45) is 0. The second-order valence-corrected chi connectivity index (χ2v) is 23.0. The van der Waals surface area contributed by atoms with E-state index in [4.69, 9.17) is 0 Å². The first-order valence-electron chi connectivity index (χ1n) is 29.3. The summed E-state index contributed by atoms with van der Waals surface area (Å²) in [7, 11) is 0. The van der Waals surface area contributed by atoms with Crippen molar-refractivity contribution in [2.45, 2.75) is 10.8 Å². The summed E-state index contributed by atoms with van der Waals surface area (Å²) in [5.41, 5.74) is 26.1. The second-order valence-electron chi connectivity index (χ2n) is 23.0. The Morgan fingerprint density at radius 3 is 1.51 bits per heavy atom. The fourth-order valence-corrected chi connectivity index (χ4v) is 15.7. The molecule has 0 N–H and O–H groups in total. The Morgan fingerprint density at radius 2 is 0.750 bits per heavy atom. The van der Waals surface area contributed by atoms with Gasteiger partial charge in [0, 0.05) is 27.5 Å². The van der Waals surface area contributed by atoms with Crippen LogP contribution in [-0.4, -0.2) is 4.57 Å². The summed E-state index contributed by atoms with van der Waals surface area (Å²) in [4.78, 5) is 2.51. The Hall–Kier alpha value is -10.8. The Kier molecular flexibility index (Phi) is 9.97. The predicted molar refractivity (Wildman–Crippen MR) is 350 cm³/mol. The fraction of sp³-hybridized carbons (Fsp3) is 0.0244. The minimum absolute atomic E-state index is 0.560. The molecule has 3 aliphatic rings. The van der Waals surface area contributed by atoms with Crippen LogP contribution in [0.25, 0.3) is 93.5 Å². The molecule has 0 amide bonds. The maximum absolute atomic E-state index is 2.54. The Labute approximate surface area is 488 Å². The molecule has 0 bridgehead atoms. The van der Waals surface area contributed by atoms with Gasteiger partial charge in [0.2, 0.25) is 0 Å². The Bertz CT molecular complexity index is 5160. The smallest absolute Gasteiger partial charge is 0.0754 e. The average Bonchev–Trinajstić information content (AvgIpc) is 1.52. The van der Waals surface area contributed by atoms with Gasteiger partial charge in [0.05, 0.1) is 33.2 Å². The zero-order chi connectivity index (χ0) is 55.1. The van der Waals surface area contributed by atoms with Crippen LogP contribution in [0.2, 0.25) is 0 Å². The molecule has 14 aromatic carbocycles. The van der Waals surface area contributed by atoms with E-state index in [9.17, 15) is 0 Å². The zero-order valence-corrected chi connectivity index (χ0v) is 45.9. The number of hydrogen-bond acceptors (Lipinski definition) is 1. The predicted octanol–water partition coefficient (Wildman–Crippen LogP) is 20.9. The van der Waals surface area contributed by atoms with E-state index in [-0.39, 0.29) is 0 Å². The summed E-state index contributed by atoms with van der Waals surface area (Å²) >= 11 is 0. The molecule has 1 aromatic heterocycles. The highest BCUT2D eigenvalue weighted by Crippen LogP contribution is 2.62. The largest absolute Gasteiger partial charge is 0.310 e. The lowest BCUT2D eigenvalue weighted by Gasteiger charge is -2.39. The lowest BCUT2D eigenvalue weighted by atomic mass is 9.65. The van der Waals surface area contributed by atoms with Crippen molar-refractivity contribution >= 4 is 60.4 Å². The molecule has 1 atom stereocenters. The molecule has 84 heavy (non-hydrogen) atoms. The third kappa shape index (κ3) is 6.29. The van der Waals surface area contributed by atoms with E-state index in [1.807, 2.05) is 0 Å². The summed E-state index contributed by atoms with van der Waals surface area (Å²) in [6, 6.07) is 119. The monoisotopic (exact) mass is 1060 g/mol. The summed E-state index contributed by atoms with van der Waals surface area (Å²) in [6.45, 7) is 0. The first-order valence-corrected chi connectivity index (χ1v) is 29.3. The molecule has 18 rings (SSSR count). The first kappa shape index (κ1) is 46.9. The van der Waals surface area contributed by atoms with Gasteiger partial charge in [-0.05, 0) is 154 Å². The van der Waals surface area contributed by atoms with Crippen molar-refractivity contribution in [3.63, 3.8) is 0 Å². The third-order valence-electron chi connectivity index (χ3n) is 19.1. The molecule has 2 heteroatoms. The van der Waals surface area contributed by atoms with E-state index < -0.39 is 10.8 Å². The van der Waals surface area contributed by atoms with Crippen LogP contribution in [0.15, 0.2) is 315 Å². The fourth-order valence-electron chi connectivity index (χ4n) is 15.7. The molecule has 2 aliphatic carbocycles. The molecule has 1 spiro atoms. The van der Waals surface area contributed by atoms with Crippen LogP contribution in [0.5, 0.6) is 0 Å². The molecule has 1 unspecified atom stereocenters. The first-order chi connectivity index (χ1) is 41.7. The van der Waals surface area contributed by atoms with Gasteiger partial charge in [0.25, 0.3) is 0 Å². The van der Waals surface area contributed by atoms with Crippen molar-refractivity contribution in [1.29, 1.82) is 0 Å². The van der Waals surface area contributed by atoms with Gasteiger partial charge in [0.15, 0.2) is 0 Å². The summed E-state index contributed by atoms with van der Waals surface area (Å²) < 4.78 is 2.53. The quantitative estimate of drug-likeness (QED) is 0.154. The maximum atomic E-state index is 2.54. The summed E-state index contributed by atoms with van der Waals surface area (Å²) in [5, 5.41) is 7.41. The molecule has 0 fully saturated rings. The van der Waals surface area contributed by atoms with Gasteiger partial charge in [-0.15, -0.1) is 0 Å².